The Labute approximate surface area is 210 Å². The van der Waals surface area contributed by atoms with Crippen molar-refractivity contribution in [3.8, 4) is 0 Å². The number of halogens is 3. The molecule has 1 heterocycles. The van der Waals surface area contributed by atoms with E-state index in [4.69, 9.17) is 16.7 Å². The number of hydrazone groups is 1. The molecule has 0 radical (unpaired) electrons. The van der Waals surface area contributed by atoms with Crippen molar-refractivity contribution in [3.05, 3.63) is 116 Å². The topological polar surface area (TPSA) is 75.8 Å². The molecule has 2 aliphatic rings. The third-order valence-corrected chi connectivity index (χ3v) is 6.84. The monoisotopic (exact) mass is 507 g/mol. The van der Waals surface area contributed by atoms with Gasteiger partial charge in [-0.2, -0.15) is 5.10 Å². The van der Waals surface area contributed by atoms with E-state index in [9.17, 15) is 23.7 Å². The SMILES string of the molecule is O=C(c1ccc(Cl)c([N+](=O)[O-])c1)N1N=C2/C(=C/c3ccc(F)cc3)CCCC2C1c1ccc(F)cc1. The van der Waals surface area contributed by atoms with Gasteiger partial charge in [0.1, 0.15) is 16.7 Å². The Hall–Kier alpha value is -3.91. The van der Waals surface area contributed by atoms with Crippen molar-refractivity contribution in [1.29, 1.82) is 0 Å². The standard InChI is InChI=1S/C27H20ClF2N3O3/c28-23-13-8-19(15-24(23)33(35)36)27(34)32-26(17-6-11-21(30)12-7-17)22-3-1-2-18(25(22)31-32)14-16-4-9-20(29)10-5-16/h4-15,22,26H,1-3H2/b18-14+. The molecule has 0 aromatic heterocycles. The van der Waals surface area contributed by atoms with Crippen LogP contribution in [-0.2, 0) is 0 Å². The molecule has 2 atom stereocenters. The molecule has 3 aromatic carbocycles. The van der Waals surface area contributed by atoms with Crippen LogP contribution in [0.1, 0.15) is 46.8 Å². The van der Waals surface area contributed by atoms with Gasteiger partial charge in [0.2, 0.25) is 0 Å². The minimum absolute atomic E-state index is 0.0717. The molecule has 9 heteroatoms. The van der Waals surface area contributed by atoms with Gasteiger partial charge in [0, 0.05) is 17.5 Å². The van der Waals surface area contributed by atoms with Gasteiger partial charge in [0.25, 0.3) is 11.6 Å². The molecule has 0 N–H and O–H groups in total. The second-order valence-corrected chi connectivity index (χ2v) is 9.18. The van der Waals surface area contributed by atoms with Crippen LogP contribution in [-0.4, -0.2) is 21.6 Å². The summed E-state index contributed by atoms with van der Waals surface area (Å²) in [7, 11) is 0. The zero-order valence-electron chi connectivity index (χ0n) is 18.9. The fourth-order valence-electron chi connectivity index (χ4n) is 4.84. The lowest BCUT2D eigenvalue weighted by Gasteiger charge is -2.29. The van der Waals surface area contributed by atoms with Crippen LogP contribution in [0.25, 0.3) is 6.08 Å². The number of fused-ring (bicyclic) bond motifs is 1. The highest BCUT2D eigenvalue weighted by Gasteiger charge is 2.44. The number of amides is 1. The van der Waals surface area contributed by atoms with Gasteiger partial charge in [-0.05, 0) is 78.4 Å². The molecular formula is C27H20ClF2N3O3. The molecular weight excluding hydrogens is 488 g/mol. The number of nitro groups is 1. The fraction of sp³-hybridized carbons (Fsp3) is 0.185. The average Bonchev–Trinajstić information content (AvgIpc) is 3.26. The van der Waals surface area contributed by atoms with Crippen LogP contribution in [0.3, 0.4) is 0 Å². The van der Waals surface area contributed by atoms with Crippen LogP contribution < -0.4 is 0 Å². The number of hydrogen-bond acceptors (Lipinski definition) is 4. The number of allylic oxidation sites excluding steroid dienone is 1. The van der Waals surface area contributed by atoms with Gasteiger partial charge in [-0.1, -0.05) is 35.9 Å². The summed E-state index contributed by atoms with van der Waals surface area (Å²) in [5, 5.41) is 17.4. The molecule has 0 bridgehead atoms. The van der Waals surface area contributed by atoms with E-state index in [0.29, 0.717) is 5.56 Å². The van der Waals surface area contributed by atoms with Crippen LogP contribution in [0.15, 0.2) is 77.4 Å². The highest BCUT2D eigenvalue weighted by molar-refractivity contribution is 6.32. The number of hydrogen-bond donors (Lipinski definition) is 0. The van der Waals surface area contributed by atoms with Crippen molar-refractivity contribution in [1.82, 2.24) is 5.01 Å². The predicted molar refractivity (Wildman–Crippen MR) is 133 cm³/mol. The Kier molecular flexibility index (Phi) is 6.36. The Balaban J connectivity index is 1.59. The second-order valence-electron chi connectivity index (χ2n) is 8.77. The van der Waals surface area contributed by atoms with E-state index in [1.54, 1.807) is 24.3 Å². The smallest absolute Gasteiger partial charge is 0.267 e. The molecule has 1 aliphatic heterocycles. The van der Waals surface area contributed by atoms with E-state index < -0.39 is 22.7 Å². The Morgan fingerprint density at radius 1 is 1.06 bits per heavy atom. The summed E-state index contributed by atoms with van der Waals surface area (Å²) in [4.78, 5) is 24.4. The third kappa shape index (κ3) is 4.52. The Morgan fingerprint density at radius 3 is 2.39 bits per heavy atom. The molecule has 1 saturated carbocycles. The molecule has 5 rings (SSSR count). The van der Waals surface area contributed by atoms with E-state index in [-0.39, 0.29) is 28.0 Å². The van der Waals surface area contributed by atoms with Gasteiger partial charge in [0.05, 0.1) is 16.7 Å². The van der Waals surface area contributed by atoms with Crippen molar-refractivity contribution in [2.45, 2.75) is 25.3 Å². The van der Waals surface area contributed by atoms with Gasteiger partial charge in [-0.15, -0.1) is 0 Å². The van der Waals surface area contributed by atoms with Gasteiger partial charge in [-0.3, -0.25) is 14.9 Å². The molecule has 1 aliphatic carbocycles. The Morgan fingerprint density at radius 2 is 1.72 bits per heavy atom. The van der Waals surface area contributed by atoms with E-state index in [1.807, 2.05) is 6.08 Å². The summed E-state index contributed by atoms with van der Waals surface area (Å²) in [6.07, 6.45) is 4.28. The molecule has 182 valence electrons. The number of carbonyl (C=O) groups is 1. The largest absolute Gasteiger partial charge is 0.288 e. The molecule has 6 nitrogen and oxygen atoms in total. The van der Waals surface area contributed by atoms with Gasteiger partial charge in [0.15, 0.2) is 0 Å². The average molecular weight is 508 g/mol. The molecule has 0 saturated heterocycles. The van der Waals surface area contributed by atoms with Crippen molar-refractivity contribution in [3.63, 3.8) is 0 Å². The number of nitrogens with zero attached hydrogens (tertiary/aromatic N) is 3. The van der Waals surface area contributed by atoms with E-state index in [1.165, 1.54) is 41.4 Å². The zero-order chi connectivity index (χ0) is 25.4. The highest BCUT2D eigenvalue weighted by atomic mass is 35.5. The van der Waals surface area contributed by atoms with E-state index in [2.05, 4.69) is 0 Å². The lowest BCUT2D eigenvalue weighted by molar-refractivity contribution is -0.384. The van der Waals surface area contributed by atoms with Gasteiger partial charge < -0.3 is 0 Å². The Bertz CT molecular complexity index is 1400. The summed E-state index contributed by atoms with van der Waals surface area (Å²) in [6.45, 7) is 0. The van der Waals surface area contributed by atoms with Crippen molar-refractivity contribution < 1.29 is 18.5 Å². The third-order valence-electron chi connectivity index (χ3n) is 6.52. The van der Waals surface area contributed by atoms with Crippen LogP contribution >= 0.6 is 11.6 Å². The highest BCUT2D eigenvalue weighted by Crippen LogP contribution is 2.45. The first-order chi connectivity index (χ1) is 17.3. The maximum atomic E-state index is 13.7. The molecule has 36 heavy (non-hydrogen) atoms. The minimum atomic E-state index is -0.643. The second kappa shape index (κ2) is 9.62. The van der Waals surface area contributed by atoms with Crippen molar-refractivity contribution in [2.24, 2.45) is 11.0 Å². The lowest BCUT2D eigenvalue weighted by Crippen LogP contribution is -2.32. The fourth-order valence-corrected chi connectivity index (χ4v) is 5.03. The molecule has 2 unspecified atom stereocenters. The number of benzene rings is 3. The maximum Gasteiger partial charge on any atom is 0.288 e. The summed E-state index contributed by atoms with van der Waals surface area (Å²) in [5.41, 5.74) is 2.89. The lowest BCUT2D eigenvalue weighted by atomic mass is 9.77. The maximum absolute atomic E-state index is 13.7. The van der Waals surface area contributed by atoms with Crippen molar-refractivity contribution in [2.75, 3.05) is 0 Å². The van der Waals surface area contributed by atoms with E-state index in [0.717, 1.165) is 42.2 Å². The first kappa shape index (κ1) is 23.8. The summed E-state index contributed by atoms with van der Waals surface area (Å²) in [6, 6.07) is 15.4. The zero-order valence-corrected chi connectivity index (χ0v) is 19.7. The van der Waals surface area contributed by atoms with Crippen LogP contribution in [0.2, 0.25) is 5.02 Å². The predicted octanol–water partition coefficient (Wildman–Crippen LogP) is 6.96. The van der Waals surface area contributed by atoms with E-state index >= 15 is 0 Å². The van der Waals surface area contributed by atoms with Crippen molar-refractivity contribution >= 4 is 35.0 Å². The molecule has 1 fully saturated rings. The summed E-state index contributed by atoms with van der Waals surface area (Å²) < 4.78 is 27.1. The number of carbonyl (C=O) groups excluding carboxylic acids is 1. The first-order valence-electron chi connectivity index (χ1n) is 11.4. The number of rotatable bonds is 4. The molecule has 3 aromatic rings. The molecule has 1 amide bonds. The van der Waals surface area contributed by atoms with Gasteiger partial charge in [-0.25, -0.2) is 13.8 Å². The van der Waals surface area contributed by atoms with Crippen LogP contribution in [0, 0.1) is 27.7 Å². The van der Waals surface area contributed by atoms with Crippen LogP contribution in [0.4, 0.5) is 14.5 Å². The summed E-state index contributed by atoms with van der Waals surface area (Å²) >= 11 is 5.94. The normalized spacial score (nSPS) is 20.2. The molecule has 0 spiro atoms. The van der Waals surface area contributed by atoms with Crippen LogP contribution in [0.5, 0.6) is 0 Å². The minimum Gasteiger partial charge on any atom is -0.267 e. The number of nitro benzene ring substituents is 1. The quantitative estimate of drug-likeness (QED) is 0.283. The van der Waals surface area contributed by atoms with Gasteiger partial charge >= 0.3 is 0 Å². The summed E-state index contributed by atoms with van der Waals surface area (Å²) in [5.74, 6) is -1.40. The first-order valence-corrected chi connectivity index (χ1v) is 11.8.